The van der Waals surface area contributed by atoms with Gasteiger partial charge in [0, 0.05) is 17.1 Å². The Balaban J connectivity index is 1.77. The number of para-hydroxylation sites is 1. The van der Waals surface area contributed by atoms with Crippen LogP contribution >= 0.6 is 15.9 Å². The number of aromatic amines is 1. The Morgan fingerprint density at radius 1 is 1.29 bits per heavy atom. The fourth-order valence-electron chi connectivity index (χ4n) is 2.31. The highest BCUT2D eigenvalue weighted by Crippen LogP contribution is 2.20. The lowest BCUT2D eigenvalue weighted by Gasteiger charge is -2.07. The second kappa shape index (κ2) is 5.69. The van der Waals surface area contributed by atoms with Gasteiger partial charge < -0.3 is 10.3 Å². The monoisotopic (exact) mass is 343 g/mol. The SMILES string of the molecule is Cc1nc(Br)ccc1NC(=O)Cc1c[nH]c2ccccc12. The Hall–Kier alpha value is -2.14. The van der Waals surface area contributed by atoms with Crippen molar-refractivity contribution < 1.29 is 4.79 Å². The van der Waals surface area contributed by atoms with E-state index in [2.05, 4.69) is 31.2 Å². The van der Waals surface area contributed by atoms with Crippen LogP contribution in [0.1, 0.15) is 11.3 Å². The van der Waals surface area contributed by atoms with E-state index in [1.165, 1.54) is 0 Å². The van der Waals surface area contributed by atoms with Crippen LogP contribution in [0.3, 0.4) is 0 Å². The summed E-state index contributed by atoms with van der Waals surface area (Å²) in [5.41, 5.74) is 3.56. The maximum Gasteiger partial charge on any atom is 0.228 e. The second-order valence-corrected chi connectivity index (χ2v) is 5.66. The summed E-state index contributed by atoms with van der Waals surface area (Å²) < 4.78 is 0.759. The molecular formula is C16H14BrN3O. The largest absolute Gasteiger partial charge is 0.361 e. The van der Waals surface area contributed by atoms with Gasteiger partial charge in [0.25, 0.3) is 0 Å². The van der Waals surface area contributed by atoms with Gasteiger partial charge in [-0.05, 0) is 46.6 Å². The number of nitrogens with zero attached hydrogens (tertiary/aromatic N) is 1. The van der Waals surface area contributed by atoms with Crippen molar-refractivity contribution in [1.82, 2.24) is 9.97 Å². The van der Waals surface area contributed by atoms with Gasteiger partial charge in [0.15, 0.2) is 0 Å². The second-order valence-electron chi connectivity index (χ2n) is 4.85. The number of hydrogen-bond donors (Lipinski definition) is 2. The maximum atomic E-state index is 12.2. The van der Waals surface area contributed by atoms with Crippen molar-refractivity contribution >= 4 is 38.4 Å². The van der Waals surface area contributed by atoms with E-state index in [1.54, 1.807) is 0 Å². The zero-order valence-corrected chi connectivity index (χ0v) is 13.1. The number of anilines is 1. The average Bonchev–Trinajstić information content (AvgIpc) is 2.85. The molecule has 21 heavy (non-hydrogen) atoms. The predicted octanol–water partition coefficient (Wildman–Crippen LogP) is 3.82. The van der Waals surface area contributed by atoms with Crippen molar-refractivity contribution in [1.29, 1.82) is 0 Å². The van der Waals surface area contributed by atoms with Gasteiger partial charge in [0.2, 0.25) is 5.91 Å². The molecule has 106 valence electrons. The molecule has 2 heterocycles. The van der Waals surface area contributed by atoms with Crippen LogP contribution in [-0.4, -0.2) is 15.9 Å². The summed E-state index contributed by atoms with van der Waals surface area (Å²) in [6.07, 6.45) is 2.22. The average molecular weight is 344 g/mol. The molecule has 3 aromatic rings. The number of benzene rings is 1. The highest BCUT2D eigenvalue weighted by Gasteiger charge is 2.10. The molecule has 2 N–H and O–H groups in total. The van der Waals surface area contributed by atoms with Crippen LogP contribution in [0.2, 0.25) is 0 Å². The minimum atomic E-state index is -0.0491. The predicted molar refractivity (Wildman–Crippen MR) is 87.3 cm³/mol. The van der Waals surface area contributed by atoms with Crippen molar-refractivity contribution in [3.63, 3.8) is 0 Å². The van der Waals surface area contributed by atoms with Crippen LogP contribution in [0.25, 0.3) is 10.9 Å². The first-order chi connectivity index (χ1) is 10.1. The van der Waals surface area contributed by atoms with Crippen molar-refractivity contribution in [2.45, 2.75) is 13.3 Å². The van der Waals surface area contributed by atoms with E-state index in [0.717, 1.165) is 32.5 Å². The lowest BCUT2D eigenvalue weighted by atomic mass is 10.1. The van der Waals surface area contributed by atoms with Crippen molar-refractivity contribution in [3.8, 4) is 0 Å². The maximum absolute atomic E-state index is 12.2. The third-order valence-corrected chi connectivity index (χ3v) is 3.79. The number of carbonyl (C=O) groups is 1. The van der Waals surface area contributed by atoms with Crippen LogP contribution in [0, 0.1) is 6.92 Å². The summed E-state index contributed by atoms with van der Waals surface area (Å²) in [6.45, 7) is 1.87. The number of aromatic nitrogens is 2. The summed E-state index contributed by atoms with van der Waals surface area (Å²) in [5, 5.41) is 3.99. The van der Waals surface area contributed by atoms with Crippen LogP contribution in [0.4, 0.5) is 5.69 Å². The minimum Gasteiger partial charge on any atom is -0.361 e. The van der Waals surface area contributed by atoms with E-state index in [0.29, 0.717) is 6.42 Å². The minimum absolute atomic E-state index is 0.0491. The molecule has 0 bridgehead atoms. The van der Waals surface area contributed by atoms with E-state index in [1.807, 2.05) is 49.5 Å². The Bertz CT molecular complexity index is 810. The standard InChI is InChI=1S/C16H14BrN3O/c1-10-13(6-7-15(17)19-10)20-16(21)8-11-9-18-14-5-3-2-4-12(11)14/h2-7,9,18H,8H2,1H3,(H,20,21). The molecule has 0 atom stereocenters. The number of H-pyrrole nitrogens is 1. The number of aryl methyl sites for hydroxylation is 1. The van der Waals surface area contributed by atoms with Crippen LogP contribution in [-0.2, 0) is 11.2 Å². The zero-order valence-electron chi connectivity index (χ0n) is 11.5. The molecular weight excluding hydrogens is 330 g/mol. The molecule has 2 aromatic heterocycles. The number of rotatable bonds is 3. The highest BCUT2D eigenvalue weighted by molar-refractivity contribution is 9.10. The van der Waals surface area contributed by atoms with Gasteiger partial charge in [-0.2, -0.15) is 0 Å². The number of pyridine rings is 1. The molecule has 5 heteroatoms. The van der Waals surface area contributed by atoms with Crippen molar-refractivity contribution in [2.24, 2.45) is 0 Å². The molecule has 0 saturated heterocycles. The number of amides is 1. The zero-order chi connectivity index (χ0) is 14.8. The van der Waals surface area contributed by atoms with E-state index in [4.69, 9.17) is 0 Å². The molecule has 0 aliphatic carbocycles. The van der Waals surface area contributed by atoms with Crippen LogP contribution in [0.15, 0.2) is 47.2 Å². The summed E-state index contributed by atoms with van der Waals surface area (Å²) in [4.78, 5) is 19.6. The third kappa shape index (κ3) is 2.97. The van der Waals surface area contributed by atoms with E-state index < -0.39 is 0 Å². The summed E-state index contributed by atoms with van der Waals surface area (Å²) in [7, 11) is 0. The van der Waals surface area contributed by atoms with Crippen molar-refractivity contribution in [3.05, 3.63) is 58.5 Å². The Labute approximate surface area is 130 Å². The van der Waals surface area contributed by atoms with Crippen molar-refractivity contribution in [2.75, 3.05) is 5.32 Å². The molecule has 0 radical (unpaired) electrons. The molecule has 1 aromatic carbocycles. The summed E-state index contributed by atoms with van der Waals surface area (Å²) in [5.74, 6) is -0.0491. The van der Waals surface area contributed by atoms with E-state index in [9.17, 15) is 4.79 Å². The van der Waals surface area contributed by atoms with Crippen LogP contribution < -0.4 is 5.32 Å². The molecule has 0 aliphatic rings. The fraction of sp³-hybridized carbons (Fsp3) is 0.125. The number of hydrogen-bond acceptors (Lipinski definition) is 2. The molecule has 4 nitrogen and oxygen atoms in total. The third-order valence-electron chi connectivity index (χ3n) is 3.35. The Kier molecular flexibility index (Phi) is 3.75. The molecule has 0 fully saturated rings. The first-order valence-electron chi connectivity index (χ1n) is 6.61. The number of fused-ring (bicyclic) bond motifs is 1. The lowest BCUT2D eigenvalue weighted by Crippen LogP contribution is -2.15. The van der Waals surface area contributed by atoms with Gasteiger partial charge in [0.1, 0.15) is 4.60 Å². The first-order valence-corrected chi connectivity index (χ1v) is 7.41. The number of nitrogens with one attached hydrogen (secondary N) is 2. The smallest absolute Gasteiger partial charge is 0.228 e. The van der Waals surface area contributed by atoms with E-state index >= 15 is 0 Å². The topological polar surface area (TPSA) is 57.8 Å². The quantitative estimate of drug-likeness (QED) is 0.710. The van der Waals surface area contributed by atoms with Gasteiger partial charge >= 0.3 is 0 Å². The molecule has 0 unspecified atom stereocenters. The molecule has 1 amide bonds. The Morgan fingerprint density at radius 2 is 2.10 bits per heavy atom. The highest BCUT2D eigenvalue weighted by atomic mass is 79.9. The van der Waals surface area contributed by atoms with E-state index in [-0.39, 0.29) is 5.91 Å². The molecule has 0 aliphatic heterocycles. The Morgan fingerprint density at radius 3 is 2.90 bits per heavy atom. The van der Waals surface area contributed by atoms with Gasteiger partial charge in [-0.3, -0.25) is 4.79 Å². The van der Waals surface area contributed by atoms with Gasteiger partial charge in [-0.25, -0.2) is 4.98 Å². The van der Waals surface area contributed by atoms with Gasteiger partial charge in [-0.15, -0.1) is 0 Å². The number of carbonyl (C=O) groups excluding carboxylic acids is 1. The fourth-order valence-corrected chi connectivity index (χ4v) is 2.71. The van der Waals surface area contributed by atoms with Gasteiger partial charge in [-0.1, -0.05) is 18.2 Å². The molecule has 3 rings (SSSR count). The lowest BCUT2D eigenvalue weighted by molar-refractivity contribution is -0.115. The first kappa shape index (κ1) is 13.8. The van der Waals surface area contributed by atoms with Crippen LogP contribution in [0.5, 0.6) is 0 Å². The normalized spacial score (nSPS) is 10.8. The molecule has 0 saturated carbocycles. The molecule has 0 spiro atoms. The summed E-state index contributed by atoms with van der Waals surface area (Å²) >= 11 is 3.31. The van der Waals surface area contributed by atoms with Gasteiger partial charge in [0.05, 0.1) is 17.8 Å². The number of halogens is 1. The summed E-state index contributed by atoms with van der Waals surface area (Å²) in [6, 6.07) is 11.6.